The maximum Gasteiger partial charge on any atom is 0.341 e. The molecule has 0 fully saturated rings. The Kier molecular flexibility index (Phi) is 3.84. The second kappa shape index (κ2) is 5.63. The van der Waals surface area contributed by atoms with Gasteiger partial charge in [0.15, 0.2) is 6.61 Å². The number of hydrogen-bond donors (Lipinski definition) is 1. The number of ether oxygens (including phenoxy) is 2. The summed E-state index contributed by atoms with van der Waals surface area (Å²) >= 11 is 7.84. The fourth-order valence-corrected chi connectivity index (χ4v) is 3.49. The fraction of sp³-hybridized carbons (Fsp3) is 0.286. The summed E-state index contributed by atoms with van der Waals surface area (Å²) in [6, 6.07) is 3.91. The summed E-state index contributed by atoms with van der Waals surface area (Å²) in [5.74, 6) is -0.581. The molecule has 1 atom stereocenters. The lowest BCUT2D eigenvalue weighted by Crippen LogP contribution is -2.12. The Labute approximate surface area is 130 Å². The van der Waals surface area contributed by atoms with Gasteiger partial charge in [0, 0.05) is 16.0 Å². The molecule has 3 heterocycles. The van der Waals surface area contributed by atoms with Crippen LogP contribution in [0.5, 0.6) is 5.75 Å². The van der Waals surface area contributed by atoms with Crippen molar-refractivity contribution in [2.24, 2.45) is 0 Å². The summed E-state index contributed by atoms with van der Waals surface area (Å²) < 4.78 is 11.2. The van der Waals surface area contributed by atoms with Crippen molar-refractivity contribution < 1.29 is 19.4 Å². The van der Waals surface area contributed by atoms with Crippen molar-refractivity contribution in [2.45, 2.75) is 19.6 Å². The Balaban J connectivity index is 2.04. The molecule has 0 radical (unpaired) electrons. The Hall–Kier alpha value is -1.63. The molecule has 0 saturated carbocycles. The number of aryl methyl sites for hydroxylation is 1. The number of fused-ring (bicyclic) bond motifs is 1. The normalized spacial score (nSPS) is 16.8. The highest BCUT2D eigenvalue weighted by molar-refractivity contribution is 7.10. The lowest BCUT2D eigenvalue weighted by atomic mass is 10.0. The summed E-state index contributed by atoms with van der Waals surface area (Å²) in [7, 11) is 0. The maximum absolute atomic E-state index is 10.7. The Morgan fingerprint density at radius 2 is 2.48 bits per heavy atom. The number of nitrogens with zero attached hydrogens (tertiary/aromatic N) is 1. The van der Waals surface area contributed by atoms with E-state index in [0.29, 0.717) is 23.2 Å². The van der Waals surface area contributed by atoms with Crippen LogP contribution >= 0.6 is 22.9 Å². The van der Waals surface area contributed by atoms with Crippen molar-refractivity contribution in [2.75, 3.05) is 6.61 Å². The van der Waals surface area contributed by atoms with E-state index in [1.807, 2.05) is 17.5 Å². The number of aromatic nitrogens is 1. The van der Waals surface area contributed by atoms with E-state index in [1.165, 1.54) is 0 Å². The highest BCUT2D eigenvalue weighted by Gasteiger charge is 2.33. The molecular formula is C14H12ClNO4S. The number of carboxylic acid groups (broad SMARTS) is 1. The highest BCUT2D eigenvalue weighted by Crippen LogP contribution is 2.45. The first-order valence-corrected chi connectivity index (χ1v) is 7.52. The maximum atomic E-state index is 10.7. The standard InChI is InChI=1S/C14H12ClNO4S/c1-7-12(20-6-10(17)18)8-5-19-13(9-3-2-4-21-9)11(8)14(15)16-7/h2-4,13H,5-6H2,1H3,(H,17,18). The summed E-state index contributed by atoms with van der Waals surface area (Å²) in [5, 5.41) is 11.1. The smallest absolute Gasteiger partial charge is 0.341 e. The number of thiophene rings is 1. The first kappa shape index (κ1) is 14.3. The molecule has 0 aliphatic carbocycles. The molecule has 7 heteroatoms. The second-order valence-electron chi connectivity index (χ2n) is 4.60. The van der Waals surface area contributed by atoms with Gasteiger partial charge >= 0.3 is 5.97 Å². The summed E-state index contributed by atoms with van der Waals surface area (Å²) in [5.41, 5.74) is 2.12. The number of halogens is 1. The van der Waals surface area contributed by atoms with Crippen LogP contribution in [0, 0.1) is 6.92 Å². The van der Waals surface area contributed by atoms with Crippen LogP contribution in [-0.2, 0) is 16.1 Å². The lowest BCUT2D eigenvalue weighted by molar-refractivity contribution is -0.139. The number of aliphatic carboxylic acids is 1. The number of carbonyl (C=O) groups is 1. The van der Waals surface area contributed by atoms with Crippen LogP contribution in [0.25, 0.3) is 0 Å². The van der Waals surface area contributed by atoms with Crippen LogP contribution in [0.1, 0.15) is 27.8 Å². The largest absolute Gasteiger partial charge is 0.480 e. The minimum Gasteiger partial charge on any atom is -0.480 e. The van der Waals surface area contributed by atoms with E-state index in [-0.39, 0.29) is 6.10 Å². The zero-order valence-electron chi connectivity index (χ0n) is 11.1. The van der Waals surface area contributed by atoms with Crippen molar-refractivity contribution in [3.8, 4) is 5.75 Å². The Morgan fingerprint density at radius 3 is 3.14 bits per heavy atom. The topological polar surface area (TPSA) is 68.7 Å². The molecule has 0 spiro atoms. The molecule has 1 aliphatic heterocycles. The lowest BCUT2D eigenvalue weighted by Gasteiger charge is -2.14. The van der Waals surface area contributed by atoms with E-state index in [2.05, 4.69) is 4.98 Å². The van der Waals surface area contributed by atoms with Crippen LogP contribution in [-0.4, -0.2) is 22.7 Å². The molecule has 0 aromatic carbocycles. The highest BCUT2D eigenvalue weighted by atomic mass is 35.5. The Bertz CT molecular complexity index is 687. The monoisotopic (exact) mass is 325 g/mol. The van der Waals surface area contributed by atoms with Crippen LogP contribution in [0.2, 0.25) is 5.15 Å². The summed E-state index contributed by atoms with van der Waals surface area (Å²) in [4.78, 5) is 16.0. The molecule has 2 aromatic rings. The van der Waals surface area contributed by atoms with E-state index < -0.39 is 12.6 Å². The fourth-order valence-electron chi connectivity index (χ4n) is 2.37. The molecular weight excluding hydrogens is 314 g/mol. The third-order valence-corrected chi connectivity index (χ3v) is 4.42. The van der Waals surface area contributed by atoms with Crippen molar-refractivity contribution in [1.82, 2.24) is 4.98 Å². The van der Waals surface area contributed by atoms with Gasteiger partial charge in [0.25, 0.3) is 0 Å². The van der Waals surface area contributed by atoms with E-state index >= 15 is 0 Å². The minimum absolute atomic E-state index is 0.271. The molecule has 110 valence electrons. The number of hydrogen-bond acceptors (Lipinski definition) is 5. The molecule has 1 aliphatic rings. The first-order chi connectivity index (χ1) is 10.1. The molecule has 2 aromatic heterocycles. The van der Waals surface area contributed by atoms with Crippen LogP contribution in [0.3, 0.4) is 0 Å². The molecule has 21 heavy (non-hydrogen) atoms. The molecule has 0 bridgehead atoms. The molecule has 0 amide bonds. The van der Waals surface area contributed by atoms with Crippen molar-refractivity contribution in [3.63, 3.8) is 0 Å². The van der Waals surface area contributed by atoms with Crippen LogP contribution in [0.15, 0.2) is 17.5 Å². The summed E-state index contributed by atoms with van der Waals surface area (Å²) in [6.45, 7) is 1.65. The van der Waals surface area contributed by atoms with Gasteiger partial charge in [0.05, 0.1) is 12.3 Å². The molecule has 1 N–H and O–H groups in total. The summed E-state index contributed by atoms with van der Waals surface area (Å²) in [6.07, 6.45) is -0.271. The average molecular weight is 326 g/mol. The van der Waals surface area contributed by atoms with Gasteiger partial charge in [0.1, 0.15) is 17.0 Å². The van der Waals surface area contributed by atoms with Crippen LogP contribution in [0.4, 0.5) is 0 Å². The third-order valence-electron chi connectivity index (χ3n) is 3.21. The van der Waals surface area contributed by atoms with Crippen LogP contribution < -0.4 is 4.74 Å². The van der Waals surface area contributed by atoms with Gasteiger partial charge in [-0.15, -0.1) is 11.3 Å². The SMILES string of the molecule is Cc1nc(Cl)c2c(c1OCC(=O)O)COC2c1cccs1. The number of pyridine rings is 1. The van der Waals surface area contributed by atoms with Crippen molar-refractivity contribution >= 4 is 28.9 Å². The Morgan fingerprint density at radius 1 is 1.67 bits per heavy atom. The zero-order valence-corrected chi connectivity index (χ0v) is 12.7. The molecule has 5 nitrogen and oxygen atoms in total. The predicted molar refractivity (Wildman–Crippen MR) is 78.1 cm³/mol. The first-order valence-electron chi connectivity index (χ1n) is 6.26. The average Bonchev–Trinajstić information content (AvgIpc) is 3.06. The predicted octanol–water partition coefficient (Wildman–Crippen LogP) is 3.19. The third kappa shape index (κ3) is 2.62. The molecule has 0 saturated heterocycles. The molecule has 3 rings (SSSR count). The number of carboxylic acids is 1. The van der Waals surface area contributed by atoms with Gasteiger partial charge in [-0.1, -0.05) is 17.7 Å². The van der Waals surface area contributed by atoms with E-state index in [9.17, 15) is 4.79 Å². The minimum atomic E-state index is -1.04. The van der Waals surface area contributed by atoms with E-state index in [4.69, 9.17) is 26.2 Å². The van der Waals surface area contributed by atoms with Gasteiger partial charge in [0.2, 0.25) is 0 Å². The van der Waals surface area contributed by atoms with Gasteiger partial charge in [-0.05, 0) is 18.4 Å². The van der Waals surface area contributed by atoms with Gasteiger partial charge < -0.3 is 14.6 Å². The van der Waals surface area contributed by atoms with E-state index in [1.54, 1.807) is 18.3 Å². The van der Waals surface area contributed by atoms with Gasteiger partial charge in [-0.2, -0.15) is 0 Å². The van der Waals surface area contributed by atoms with Gasteiger partial charge in [-0.25, -0.2) is 9.78 Å². The van der Waals surface area contributed by atoms with E-state index in [0.717, 1.165) is 16.0 Å². The van der Waals surface area contributed by atoms with Crippen molar-refractivity contribution in [1.29, 1.82) is 0 Å². The second-order valence-corrected chi connectivity index (χ2v) is 5.94. The van der Waals surface area contributed by atoms with Crippen molar-refractivity contribution in [3.05, 3.63) is 44.4 Å². The zero-order chi connectivity index (χ0) is 15.0. The van der Waals surface area contributed by atoms with Gasteiger partial charge in [-0.3, -0.25) is 0 Å². The quantitative estimate of drug-likeness (QED) is 0.874. The number of rotatable bonds is 4. The molecule has 1 unspecified atom stereocenters.